The minimum Gasteiger partial charge on any atom is -0.366 e. The van der Waals surface area contributed by atoms with Gasteiger partial charge in [-0.1, -0.05) is 17.3 Å². The van der Waals surface area contributed by atoms with Gasteiger partial charge in [-0.15, -0.1) is 10.2 Å². The summed E-state index contributed by atoms with van der Waals surface area (Å²) in [4.78, 5) is 4.13. The van der Waals surface area contributed by atoms with E-state index in [0.29, 0.717) is 5.65 Å². The molecule has 4 aromatic rings. The molecule has 3 aromatic heterocycles. The number of hydrogen-bond donors (Lipinski definition) is 1. The Kier molecular flexibility index (Phi) is 1.85. The van der Waals surface area contributed by atoms with Crippen LogP contribution in [0, 0.1) is 0 Å². The number of benzene rings is 1. The topological polar surface area (TPSA) is 86.9 Å². The highest BCUT2D eigenvalue weighted by atomic mass is 15.4. The first kappa shape index (κ1) is 10.0. The zero-order valence-electron chi connectivity index (χ0n) is 9.80. The fourth-order valence-corrected chi connectivity index (χ4v) is 2.08. The fraction of sp³-hybridized carbons (Fsp3) is 0. The number of hydrogen-bond acceptors (Lipinski definition) is 5. The molecule has 0 saturated carbocycles. The second kappa shape index (κ2) is 3.52. The van der Waals surface area contributed by atoms with Gasteiger partial charge in [0.2, 0.25) is 5.95 Å². The Bertz CT molecular complexity index is 889. The van der Waals surface area contributed by atoms with Crippen LogP contribution in [0.3, 0.4) is 0 Å². The minimum atomic E-state index is 0.251. The van der Waals surface area contributed by atoms with Crippen molar-refractivity contribution in [3.05, 3.63) is 42.6 Å². The van der Waals surface area contributed by atoms with Crippen LogP contribution in [-0.2, 0) is 0 Å². The normalized spacial score (nSPS) is 11.4. The van der Waals surface area contributed by atoms with E-state index in [2.05, 4.69) is 20.4 Å². The summed E-state index contributed by atoms with van der Waals surface area (Å²) in [7, 11) is 0. The van der Waals surface area contributed by atoms with Crippen LogP contribution in [0.25, 0.3) is 22.4 Å². The molecule has 0 atom stereocenters. The molecule has 0 unspecified atom stereocenters. The summed E-state index contributed by atoms with van der Waals surface area (Å²) in [6.45, 7) is 0. The van der Waals surface area contributed by atoms with Crippen LogP contribution in [0.2, 0.25) is 0 Å². The smallest absolute Gasteiger partial charge is 0.240 e. The van der Waals surface area contributed by atoms with Gasteiger partial charge in [0.1, 0.15) is 5.52 Å². The van der Waals surface area contributed by atoms with Crippen LogP contribution in [0.5, 0.6) is 0 Å². The van der Waals surface area contributed by atoms with Crippen LogP contribution in [-0.4, -0.2) is 29.6 Å². The lowest BCUT2D eigenvalue weighted by Gasteiger charge is -2.01. The first-order valence-corrected chi connectivity index (χ1v) is 5.74. The number of anilines is 1. The maximum atomic E-state index is 5.57. The number of nitrogens with zero attached hydrogens (tertiary/aromatic N) is 6. The SMILES string of the molecule is Nc1nc2cc(-n3nnc4ccccc43)ccn2n1. The summed E-state index contributed by atoms with van der Waals surface area (Å²) >= 11 is 0. The number of pyridine rings is 1. The molecule has 7 nitrogen and oxygen atoms in total. The molecule has 0 aliphatic rings. The average Bonchev–Trinajstić information content (AvgIpc) is 2.99. The van der Waals surface area contributed by atoms with E-state index in [4.69, 9.17) is 5.73 Å². The molecule has 0 aliphatic heterocycles. The number of para-hydroxylation sites is 1. The van der Waals surface area contributed by atoms with Crippen LogP contribution < -0.4 is 5.73 Å². The third-order valence-corrected chi connectivity index (χ3v) is 2.93. The molecular weight excluding hydrogens is 242 g/mol. The Morgan fingerprint density at radius 1 is 1.11 bits per heavy atom. The highest BCUT2D eigenvalue weighted by Crippen LogP contribution is 2.16. The summed E-state index contributed by atoms with van der Waals surface area (Å²) < 4.78 is 3.39. The molecule has 4 rings (SSSR count). The standard InChI is InChI=1S/C12H9N7/c13-12-14-11-7-8(5-6-18(11)16-12)19-10-4-2-1-3-9(10)15-17-19/h1-7H,(H2,13,16). The Hall–Kier alpha value is -2.96. The van der Waals surface area contributed by atoms with Gasteiger partial charge in [0.25, 0.3) is 0 Å². The van der Waals surface area contributed by atoms with Gasteiger partial charge >= 0.3 is 0 Å². The van der Waals surface area contributed by atoms with Crippen molar-refractivity contribution in [1.29, 1.82) is 0 Å². The predicted molar refractivity (Wildman–Crippen MR) is 69.8 cm³/mol. The van der Waals surface area contributed by atoms with Gasteiger partial charge in [-0.2, -0.15) is 4.98 Å². The molecule has 7 heteroatoms. The lowest BCUT2D eigenvalue weighted by atomic mass is 10.3. The van der Waals surface area contributed by atoms with Crippen molar-refractivity contribution in [2.45, 2.75) is 0 Å². The number of rotatable bonds is 1. The van der Waals surface area contributed by atoms with Crippen LogP contribution in [0.15, 0.2) is 42.6 Å². The maximum absolute atomic E-state index is 5.57. The van der Waals surface area contributed by atoms with Gasteiger partial charge < -0.3 is 5.73 Å². The summed E-state index contributed by atoms with van der Waals surface area (Å²) in [5.41, 5.74) is 8.91. The van der Waals surface area contributed by atoms with Gasteiger partial charge in [-0.25, -0.2) is 9.20 Å². The van der Waals surface area contributed by atoms with Crippen molar-refractivity contribution in [2.75, 3.05) is 5.73 Å². The number of fused-ring (bicyclic) bond motifs is 2. The molecule has 2 N–H and O–H groups in total. The van der Waals surface area contributed by atoms with E-state index >= 15 is 0 Å². The molecular formula is C12H9N7. The van der Waals surface area contributed by atoms with E-state index in [0.717, 1.165) is 16.7 Å². The van der Waals surface area contributed by atoms with Gasteiger partial charge in [0.15, 0.2) is 5.65 Å². The summed E-state index contributed by atoms with van der Waals surface area (Å²) in [6.07, 6.45) is 1.80. The average molecular weight is 251 g/mol. The van der Waals surface area contributed by atoms with Crippen LogP contribution in [0.4, 0.5) is 5.95 Å². The second-order valence-electron chi connectivity index (χ2n) is 4.15. The Morgan fingerprint density at radius 3 is 2.95 bits per heavy atom. The van der Waals surface area contributed by atoms with E-state index in [1.165, 1.54) is 0 Å². The monoisotopic (exact) mass is 251 g/mol. The van der Waals surface area contributed by atoms with Gasteiger partial charge in [-0.3, -0.25) is 0 Å². The predicted octanol–water partition coefficient (Wildman–Crippen LogP) is 1.05. The molecule has 0 bridgehead atoms. The van der Waals surface area contributed by atoms with Crippen molar-refractivity contribution in [3.63, 3.8) is 0 Å². The van der Waals surface area contributed by atoms with Gasteiger partial charge in [0.05, 0.1) is 11.2 Å². The molecule has 19 heavy (non-hydrogen) atoms. The number of nitrogen functional groups attached to an aromatic ring is 1. The lowest BCUT2D eigenvalue weighted by molar-refractivity contribution is 0.820. The van der Waals surface area contributed by atoms with E-state index in [-0.39, 0.29) is 5.95 Å². The zero-order chi connectivity index (χ0) is 12.8. The fourth-order valence-electron chi connectivity index (χ4n) is 2.08. The first-order valence-electron chi connectivity index (χ1n) is 5.74. The lowest BCUT2D eigenvalue weighted by Crippen LogP contribution is -1.98. The Labute approximate surface area is 107 Å². The van der Waals surface area contributed by atoms with E-state index in [1.807, 2.05) is 36.4 Å². The van der Waals surface area contributed by atoms with Crippen LogP contribution >= 0.6 is 0 Å². The number of nitrogens with two attached hydrogens (primary N) is 1. The summed E-state index contributed by atoms with van der Waals surface area (Å²) in [5, 5.41) is 12.3. The molecule has 0 radical (unpaired) electrons. The summed E-state index contributed by atoms with van der Waals surface area (Å²) in [6, 6.07) is 11.5. The highest BCUT2D eigenvalue weighted by molar-refractivity contribution is 5.76. The molecule has 0 saturated heterocycles. The summed E-state index contributed by atoms with van der Waals surface area (Å²) in [5.74, 6) is 0.251. The van der Waals surface area contributed by atoms with E-state index in [9.17, 15) is 0 Å². The highest BCUT2D eigenvalue weighted by Gasteiger charge is 2.07. The molecule has 3 heterocycles. The maximum Gasteiger partial charge on any atom is 0.240 e. The number of aromatic nitrogens is 6. The van der Waals surface area contributed by atoms with Crippen molar-refractivity contribution in [1.82, 2.24) is 29.6 Å². The first-order chi connectivity index (χ1) is 9.31. The molecule has 0 aliphatic carbocycles. The van der Waals surface area contributed by atoms with Crippen molar-refractivity contribution >= 4 is 22.6 Å². The van der Waals surface area contributed by atoms with Crippen molar-refractivity contribution in [2.24, 2.45) is 0 Å². The quantitative estimate of drug-likeness (QED) is 0.546. The molecule has 1 aromatic carbocycles. The molecule has 92 valence electrons. The molecule has 0 amide bonds. The van der Waals surface area contributed by atoms with Crippen molar-refractivity contribution in [3.8, 4) is 5.69 Å². The second-order valence-corrected chi connectivity index (χ2v) is 4.15. The van der Waals surface area contributed by atoms with Gasteiger partial charge in [-0.05, 0) is 18.2 Å². The molecule has 0 fully saturated rings. The Morgan fingerprint density at radius 2 is 2.00 bits per heavy atom. The van der Waals surface area contributed by atoms with Crippen LogP contribution in [0.1, 0.15) is 0 Å². The zero-order valence-corrected chi connectivity index (χ0v) is 9.80. The van der Waals surface area contributed by atoms with E-state index in [1.54, 1.807) is 15.4 Å². The minimum absolute atomic E-state index is 0.251. The molecule has 0 spiro atoms. The Balaban J connectivity index is 1.98. The van der Waals surface area contributed by atoms with Gasteiger partial charge in [0, 0.05) is 12.3 Å². The van der Waals surface area contributed by atoms with E-state index < -0.39 is 0 Å². The third-order valence-electron chi connectivity index (χ3n) is 2.93. The largest absolute Gasteiger partial charge is 0.366 e. The third kappa shape index (κ3) is 1.45. The van der Waals surface area contributed by atoms with Crippen molar-refractivity contribution < 1.29 is 0 Å².